The average molecular weight is 269 g/mol. The van der Waals surface area contributed by atoms with E-state index in [1.165, 1.54) is 0 Å². The molecule has 5 nitrogen and oxygen atoms in total. The molecule has 0 bridgehead atoms. The molecule has 1 aromatic heterocycles. The van der Waals surface area contributed by atoms with E-state index >= 15 is 0 Å². The molecule has 1 N–H and O–H groups in total. The van der Waals surface area contributed by atoms with Gasteiger partial charge in [0.2, 0.25) is 0 Å². The molecule has 0 saturated carbocycles. The van der Waals surface area contributed by atoms with Gasteiger partial charge in [0.1, 0.15) is 0 Å². The van der Waals surface area contributed by atoms with Crippen LogP contribution in [0.1, 0.15) is 25.3 Å². The summed E-state index contributed by atoms with van der Waals surface area (Å²) >= 11 is 0. The SMILES string of the molecule is CNCc1ccc(S(=O)(=O)N2CCCC2C)nc1. The van der Waals surface area contributed by atoms with Gasteiger partial charge in [0.25, 0.3) is 10.0 Å². The van der Waals surface area contributed by atoms with E-state index < -0.39 is 10.0 Å². The Kier molecular flexibility index (Phi) is 3.99. The topological polar surface area (TPSA) is 62.3 Å². The maximum absolute atomic E-state index is 12.4. The molecule has 0 spiro atoms. The first-order valence-electron chi connectivity index (χ1n) is 6.17. The lowest BCUT2D eigenvalue weighted by Crippen LogP contribution is -2.34. The number of nitrogens with one attached hydrogen (secondary N) is 1. The predicted octanol–water partition coefficient (Wildman–Crippen LogP) is 0.974. The molecule has 1 aromatic rings. The van der Waals surface area contributed by atoms with Crippen LogP contribution in [0.3, 0.4) is 0 Å². The Labute approximate surface area is 108 Å². The van der Waals surface area contributed by atoms with Gasteiger partial charge < -0.3 is 5.32 Å². The average Bonchev–Trinajstić information content (AvgIpc) is 2.77. The lowest BCUT2D eigenvalue weighted by atomic mass is 10.3. The molecule has 1 aliphatic rings. The zero-order chi connectivity index (χ0) is 13.2. The lowest BCUT2D eigenvalue weighted by molar-refractivity contribution is 0.406. The Bertz CT molecular complexity index is 499. The van der Waals surface area contributed by atoms with Crippen LogP contribution in [0, 0.1) is 0 Å². The summed E-state index contributed by atoms with van der Waals surface area (Å²) < 4.78 is 26.3. The van der Waals surface area contributed by atoms with E-state index in [1.54, 1.807) is 22.6 Å². The van der Waals surface area contributed by atoms with Crippen LogP contribution in [0.15, 0.2) is 23.4 Å². The normalized spacial score (nSPS) is 21.3. The van der Waals surface area contributed by atoms with E-state index in [0.717, 1.165) is 18.4 Å². The third kappa shape index (κ3) is 2.55. The molecule has 6 heteroatoms. The monoisotopic (exact) mass is 269 g/mol. The number of pyridine rings is 1. The number of aromatic nitrogens is 1. The summed E-state index contributed by atoms with van der Waals surface area (Å²) in [6.07, 6.45) is 3.47. The summed E-state index contributed by atoms with van der Waals surface area (Å²) in [6, 6.07) is 3.47. The van der Waals surface area contributed by atoms with Crippen LogP contribution >= 0.6 is 0 Å². The van der Waals surface area contributed by atoms with Gasteiger partial charge in [-0.3, -0.25) is 0 Å². The van der Waals surface area contributed by atoms with Crippen molar-refractivity contribution >= 4 is 10.0 Å². The van der Waals surface area contributed by atoms with Crippen LogP contribution < -0.4 is 5.32 Å². The Hall–Kier alpha value is -0.980. The molecule has 0 aromatic carbocycles. The standard InChI is InChI=1S/C12H19N3O2S/c1-10-4-3-7-15(10)18(16,17)12-6-5-11(8-13-2)9-14-12/h5-6,9-10,13H,3-4,7-8H2,1-2H3. The van der Waals surface area contributed by atoms with E-state index in [-0.39, 0.29) is 11.1 Å². The van der Waals surface area contributed by atoms with Gasteiger partial charge in [0, 0.05) is 25.3 Å². The van der Waals surface area contributed by atoms with E-state index in [9.17, 15) is 8.42 Å². The minimum Gasteiger partial charge on any atom is -0.316 e. The van der Waals surface area contributed by atoms with Crippen LogP contribution in [-0.2, 0) is 16.6 Å². The number of nitrogens with zero attached hydrogens (tertiary/aromatic N) is 2. The number of sulfonamides is 1. The van der Waals surface area contributed by atoms with Gasteiger partial charge >= 0.3 is 0 Å². The fourth-order valence-electron chi connectivity index (χ4n) is 2.26. The summed E-state index contributed by atoms with van der Waals surface area (Å²) in [4.78, 5) is 4.08. The highest BCUT2D eigenvalue weighted by Gasteiger charge is 2.33. The van der Waals surface area contributed by atoms with Crippen molar-refractivity contribution in [3.63, 3.8) is 0 Å². The molecule has 1 aliphatic heterocycles. The maximum Gasteiger partial charge on any atom is 0.260 e. The van der Waals surface area contributed by atoms with Crippen molar-refractivity contribution in [1.82, 2.24) is 14.6 Å². The summed E-state index contributed by atoms with van der Waals surface area (Å²) in [5.74, 6) is 0. The Morgan fingerprint density at radius 3 is 2.78 bits per heavy atom. The number of rotatable bonds is 4. The van der Waals surface area contributed by atoms with Crippen molar-refractivity contribution in [2.75, 3.05) is 13.6 Å². The summed E-state index contributed by atoms with van der Waals surface area (Å²) in [5, 5.41) is 3.15. The first-order chi connectivity index (χ1) is 8.55. The zero-order valence-electron chi connectivity index (χ0n) is 10.8. The number of hydrogen-bond donors (Lipinski definition) is 1. The van der Waals surface area contributed by atoms with Crippen LogP contribution in [0.2, 0.25) is 0 Å². The maximum atomic E-state index is 12.4. The molecular formula is C12H19N3O2S. The largest absolute Gasteiger partial charge is 0.316 e. The van der Waals surface area contributed by atoms with Gasteiger partial charge in [-0.25, -0.2) is 13.4 Å². The molecule has 0 aliphatic carbocycles. The predicted molar refractivity (Wildman–Crippen MR) is 69.6 cm³/mol. The van der Waals surface area contributed by atoms with E-state index in [4.69, 9.17) is 0 Å². The van der Waals surface area contributed by atoms with Gasteiger partial charge in [0.05, 0.1) is 0 Å². The molecular weight excluding hydrogens is 250 g/mol. The number of hydrogen-bond acceptors (Lipinski definition) is 4. The Morgan fingerprint density at radius 1 is 1.50 bits per heavy atom. The minimum atomic E-state index is -3.42. The highest BCUT2D eigenvalue weighted by Crippen LogP contribution is 2.24. The van der Waals surface area contributed by atoms with Gasteiger partial charge in [-0.05, 0) is 38.4 Å². The quantitative estimate of drug-likeness (QED) is 0.885. The summed E-state index contributed by atoms with van der Waals surface area (Å²) in [6.45, 7) is 3.23. The third-order valence-corrected chi connectivity index (χ3v) is 5.17. The highest BCUT2D eigenvalue weighted by atomic mass is 32.2. The fourth-order valence-corrected chi connectivity index (χ4v) is 3.87. The molecule has 1 fully saturated rings. The van der Waals surface area contributed by atoms with E-state index in [0.29, 0.717) is 13.1 Å². The van der Waals surface area contributed by atoms with Crippen LogP contribution in [0.25, 0.3) is 0 Å². The molecule has 2 heterocycles. The first kappa shape index (κ1) is 13.5. The molecule has 18 heavy (non-hydrogen) atoms. The molecule has 0 amide bonds. The second-order valence-corrected chi connectivity index (χ2v) is 6.48. The Morgan fingerprint density at radius 2 is 2.28 bits per heavy atom. The summed E-state index contributed by atoms with van der Waals surface area (Å²) in [7, 11) is -1.57. The third-order valence-electron chi connectivity index (χ3n) is 3.24. The van der Waals surface area contributed by atoms with Crippen molar-refractivity contribution in [2.45, 2.75) is 37.4 Å². The molecule has 1 unspecified atom stereocenters. The lowest BCUT2D eigenvalue weighted by Gasteiger charge is -2.20. The van der Waals surface area contributed by atoms with Crippen molar-refractivity contribution in [2.24, 2.45) is 0 Å². The second kappa shape index (κ2) is 5.34. The van der Waals surface area contributed by atoms with Gasteiger partial charge in [-0.2, -0.15) is 4.31 Å². The Balaban J connectivity index is 2.24. The van der Waals surface area contributed by atoms with Gasteiger partial charge in [-0.1, -0.05) is 6.07 Å². The highest BCUT2D eigenvalue weighted by molar-refractivity contribution is 7.89. The summed E-state index contributed by atoms with van der Waals surface area (Å²) in [5.41, 5.74) is 0.978. The van der Waals surface area contributed by atoms with Crippen molar-refractivity contribution in [3.05, 3.63) is 23.9 Å². The van der Waals surface area contributed by atoms with Crippen LogP contribution in [-0.4, -0.2) is 37.3 Å². The van der Waals surface area contributed by atoms with Crippen LogP contribution in [0.4, 0.5) is 0 Å². The molecule has 1 atom stereocenters. The zero-order valence-corrected chi connectivity index (χ0v) is 11.6. The smallest absolute Gasteiger partial charge is 0.260 e. The molecule has 2 rings (SSSR count). The van der Waals surface area contributed by atoms with Crippen molar-refractivity contribution < 1.29 is 8.42 Å². The second-order valence-electron chi connectivity index (χ2n) is 4.64. The first-order valence-corrected chi connectivity index (χ1v) is 7.61. The fraction of sp³-hybridized carbons (Fsp3) is 0.583. The van der Waals surface area contributed by atoms with Crippen molar-refractivity contribution in [1.29, 1.82) is 0 Å². The van der Waals surface area contributed by atoms with E-state index in [1.807, 2.05) is 14.0 Å². The van der Waals surface area contributed by atoms with Gasteiger partial charge in [0.15, 0.2) is 5.03 Å². The van der Waals surface area contributed by atoms with Crippen molar-refractivity contribution in [3.8, 4) is 0 Å². The molecule has 0 radical (unpaired) electrons. The van der Waals surface area contributed by atoms with Gasteiger partial charge in [-0.15, -0.1) is 0 Å². The van der Waals surface area contributed by atoms with E-state index in [2.05, 4.69) is 10.3 Å². The molecule has 100 valence electrons. The molecule has 1 saturated heterocycles. The van der Waals surface area contributed by atoms with Crippen LogP contribution in [0.5, 0.6) is 0 Å². The minimum absolute atomic E-state index is 0.0776.